The summed E-state index contributed by atoms with van der Waals surface area (Å²) in [7, 11) is 0. The molecule has 1 aliphatic carbocycles. The number of aryl methyl sites for hydroxylation is 1. The lowest BCUT2D eigenvalue weighted by Crippen LogP contribution is -2.69. The van der Waals surface area contributed by atoms with Crippen LogP contribution in [0.15, 0.2) is 30.3 Å². The van der Waals surface area contributed by atoms with E-state index in [0.717, 1.165) is 51.6 Å². The summed E-state index contributed by atoms with van der Waals surface area (Å²) >= 11 is 0. The van der Waals surface area contributed by atoms with E-state index in [4.69, 9.17) is 0 Å². The Hall–Kier alpha value is -1.92. The number of carbonyl (C=O) groups excluding carboxylic acids is 2. The van der Waals surface area contributed by atoms with Crippen LogP contribution in [0.25, 0.3) is 0 Å². The summed E-state index contributed by atoms with van der Waals surface area (Å²) < 4.78 is 0. The van der Waals surface area contributed by atoms with Crippen LogP contribution in [0, 0.1) is 5.92 Å². The highest BCUT2D eigenvalue weighted by Crippen LogP contribution is 2.25. The second-order valence-electron chi connectivity index (χ2n) is 9.32. The van der Waals surface area contributed by atoms with Gasteiger partial charge in [0.15, 0.2) is 0 Å². The number of hydrogen-bond donors (Lipinski definition) is 3. The van der Waals surface area contributed by atoms with Crippen LogP contribution in [-0.2, 0) is 16.0 Å². The van der Waals surface area contributed by atoms with Gasteiger partial charge in [0.25, 0.3) is 5.91 Å². The van der Waals surface area contributed by atoms with Crippen molar-refractivity contribution in [1.82, 2.24) is 20.9 Å². The summed E-state index contributed by atoms with van der Waals surface area (Å²) in [6.45, 7) is 3.67. The minimum atomic E-state index is -0.238. The second-order valence-corrected chi connectivity index (χ2v) is 9.32. The number of amides is 2. The molecule has 0 bridgehead atoms. The number of piperazine rings is 1. The van der Waals surface area contributed by atoms with Crippen molar-refractivity contribution < 1.29 is 9.59 Å². The molecule has 6 heteroatoms. The molecule has 1 aromatic carbocycles. The van der Waals surface area contributed by atoms with Crippen LogP contribution in [0.1, 0.15) is 57.4 Å². The summed E-state index contributed by atoms with van der Waals surface area (Å²) in [5.41, 5.74) is 1.31. The van der Waals surface area contributed by atoms with Crippen molar-refractivity contribution in [2.45, 2.75) is 82.6 Å². The maximum atomic E-state index is 12.7. The van der Waals surface area contributed by atoms with E-state index in [0.29, 0.717) is 12.1 Å². The monoisotopic (exact) mass is 412 g/mol. The first kappa shape index (κ1) is 21.3. The van der Waals surface area contributed by atoms with Gasteiger partial charge < -0.3 is 10.6 Å². The lowest BCUT2D eigenvalue weighted by molar-refractivity contribution is -0.134. The molecule has 4 rings (SSSR count). The summed E-state index contributed by atoms with van der Waals surface area (Å²) in [4.78, 5) is 27.6. The highest BCUT2D eigenvalue weighted by atomic mass is 16.2. The van der Waals surface area contributed by atoms with E-state index < -0.39 is 0 Å². The molecule has 2 aliphatic heterocycles. The Morgan fingerprint density at radius 2 is 1.80 bits per heavy atom. The Kier molecular flexibility index (Phi) is 7.05. The molecule has 3 N–H and O–H groups in total. The van der Waals surface area contributed by atoms with Crippen molar-refractivity contribution in [3.05, 3.63) is 35.9 Å². The third-order valence-corrected chi connectivity index (χ3v) is 7.08. The van der Waals surface area contributed by atoms with Crippen LogP contribution >= 0.6 is 0 Å². The van der Waals surface area contributed by atoms with Gasteiger partial charge in [0.1, 0.15) is 6.17 Å². The van der Waals surface area contributed by atoms with Gasteiger partial charge in [-0.2, -0.15) is 0 Å². The molecule has 3 aliphatic rings. The fraction of sp³-hybridized carbons (Fsp3) is 0.667. The lowest BCUT2D eigenvalue weighted by atomic mass is 9.88. The number of benzene rings is 1. The predicted molar refractivity (Wildman–Crippen MR) is 118 cm³/mol. The number of fused-ring (bicyclic) bond motifs is 1. The van der Waals surface area contributed by atoms with Gasteiger partial charge in [-0.1, -0.05) is 43.2 Å². The highest BCUT2D eigenvalue weighted by Gasteiger charge is 2.40. The number of nitrogens with one attached hydrogen (secondary N) is 3. The minimum Gasteiger partial charge on any atom is -0.353 e. The van der Waals surface area contributed by atoms with Crippen LogP contribution in [-0.4, -0.2) is 54.1 Å². The van der Waals surface area contributed by atoms with Gasteiger partial charge in [0.2, 0.25) is 5.91 Å². The average molecular weight is 413 g/mol. The zero-order valence-corrected chi connectivity index (χ0v) is 18.1. The van der Waals surface area contributed by atoms with Crippen LogP contribution < -0.4 is 16.0 Å². The molecule has 164 valence electrons. The fourth-order valence-corrected chi connectivity index (χ4v) is 5.20. The molecule has 4 unspecified atom stereocenters. The van der Waals surface area contributed by atoms with Gasteiger partial charge in [0, 0.05) is 37.1 Å². The van der Waals surface area contributed by atoms with Crippen molar-refractivity contribution >= 4 is 11.8 Å². The molecule has 30 heavy (non-hydrogen) atoms. The van der Waals surface area contributed by atoms with E-state index in [1.165, 1.54) is 18.4 Å². The topological polar surface area (TPSA) is 73.5 Å². The second kappa shape index (κ2) is 9.92. The quantitative estimate of drug-likeness (QED) is 0.670. The molecule has 6 nitrogen and oxygen atoms in total. The normalized spacial score (nSPS) is 29.0. The Bertz CT molecular complexity index is 717. The largest absolute Gasteiger partial charge is 0.353 e. The maximum Gasteiger partial charge on any atom is 0.252 e. The van der Waals surface area contributed by atoms with Gasteiger partial charge in [-0.05, 0) is 51.0 Å². The summed E-state index contributed by atoms with van der Waals surface area (Å²) in [5, 5.41) is 10.0. The molecular formula is C24H36N4O2. The predicted octanol–water partition coefficient (Wildman–Crippen LogP) is 2.19. The number of likely N-dealkylation sites (tertiary alicyclic amines) is 1. The molecule has 0 spiro atoms. The molecule has 1 saturated carbocycles. The zero-order chi connectivity index (χ0) is 20.9. The van der Waals surface area contributed by atoms with Crippen LogP contribution in [0.3, 0.4) is 0 Å². The Morgan fingerprint density at radius 3 is 2.53 bits per heavy atom. The molecular weight excluding hydrogens is 376 g/mol. The van der Waals surface area contributed by atoms with Gasteiger partial charge in [-0.15, -0.1) is 0 Å². The molecule has 2 heterocycles. The molecule has 2 amide bonds. The third kappa shape index (κ3) is 5.22. The number of piperidine rings is 1. The van der Waals surface area contributed by atoms with E-state index in [1.807, 2.05) is 6.07 Å². The number of carbonyl (C=O) groups is 2. The van der Waals surface area contributed by atoms with Gasteiger partial charge >= 0.3 is 0 Å². The molecule has 1 aromatic rings. The van der Waals surface area contributed by atoms with Crippen molar-refractivity contribution in [1.29, 1.82) is 0 Å². The summed E-state index contributed by atoms with van der Waals surface area (Å²) in [5.74, 6) is 0.328. The minimum absolute atomic E-state index is 0.0505. The molecule has 4 atom stereocenters. The Morgan fingerprint density at radius 1 is 1.10 bits per heavy atom. The molecule has 0 aromatic heterocycles. The lowest BCUT2D eigenvalue weighted by Gasteiger charge is -2.45. The fourth-order valence-electron chi connectivity index (χ4n) is 5.20. The third-order valence-electron chi connectivity index (χ3n) is 7.08. The molecule has 2 saturated heterocycles. The molecule has 0 radical (unpaired) electrons. The van der Waals surface area contributed by atoms with Crippen LogP contribution in [0.4, 0.5) is 0 Å². The first-order valence-electron chi connectivity index (χ1n) is 11.7. The van der Waals surface area contributed by atoms with E-state index in [2.05, 4.69) is 52.0 Å². The number of rotatable bonds is 6. The SMILES string of the molecule is CC(CCc1ccccc1)NC(=O)C1CCN(C2NC3CCCCC3NC2=O)CC1. The highest BCUT2D eigenvalue weighted by molar-refractivity contribution is 5.83. The van der Waals surface area contributed by atoms with Gasteiger partial charge in [-0.3, -0.25) is 19.8 Å². The van der Waals surface area contributed by atoms with E-state index in [9.17, 15) is 9.59 Å². The van der Waals surface area contributed by atoms with Gasteiger partial charge in [0.05, 0.1) is 0 Å². The summed E-state index contributed by atoms with van der Waals surface area (Å²) in [6.07, 6.45) is 7.99. The summed E-state index contributed by atoms with van der Waals surface area (Å²) in [6, 6.07) is 11.3. The van der Waals surface area contributed by atoms with E-state index in [-0.39, 0.29) is 29.9 Å². The van der Waals surface area contributed by atoms with Gasteiger partial charge in [-0.25, -0.2) is 0 Å². The van der Waals surface area contributed by atoms with Crippen molar-refractivity contribution in [2.75, 3.05) is 13.1 Å². The van der Waals surface area contributed by atoms with Crippen LogP contribution in [0.2, 0.25) is 0 Å². The number of nitrogens with zero attached hydrogens (tertiary/aromatic N) is 1. The zero-order valence-electron chi connectivity index (χ0n) is 18.1. The molecule has 3 fully saturated rings. The standard InChI is InChI=1S/C24H36N4O2/c1-17(11-12-18-7-3-2-4-8-18)25-23(29)19-13-15-28(16-14-19)22-24(30)27-21-10-6-5-9-20(21)26-22/h2-4,7-8,17,19-22,26H,5-6,9-16H2,1H3,(H,25,29)(H,27,30). The smallest absolute Gasteiger partial charge is 0.252 e. The number of hydrogen-bond acceptors (Lipinski definition) is 4. The van der Waals surface area contributed by atoms with E-state index >= 15 is 0 Å². The maximum absolute atomic E-state index is 12.7. The first-order valence-corrected chi connectivity index (χ1v) is 11.7. The van der Waals surface area contributed by atoms with Crippen molar-refractivity contribution in [3.8, 4) is 0 Å². The van der Waals surface area contributed by atoms with Crippen LogP contribution in [0.5, 0.6) is 0 Å². The Labute approximate surface area is 180 Å². The van der Waals surface area contributed by atoms with E-state index in [1.54, 1.807) is 0 Å². The average Bonchev–Trinajstić information content (AvgIpc) is 2.78. The first-order chi connectivity index (χ1) is 14.6. The van der Waals surface area contributed by atoms with Crippen molar-refractivity contribution in [3.63, 3.8) is 0 Å². The Balaban J connectivity index is 1.21. The van der Waals surface area contributed by atoms with Crippen molar-refractivity contribution in [2.24, 2.45) is 5.92 Å².